The van der Waals surface area contributed by atoms with Crippen molar-refractivity contribution in [3.63, 3.8) is 0 Å². The summed E-state index contributed by atoms with van der Waals surface area (Å²) in [7, 11) is 0. The Bertz CT molecular complexity index is 668. The van der Waals surface area contributed by atoms with Crippen molar-refractivity contribution in [2.75, 3.05) is 26.2 Å². The average molecular weight is 411 g/mol. The van der Waals surface area contributed by atoms with E-state index < -0.39 is 0 Å². The maximum absolute atomic E-state index is 6.05. The van der Waals surface area contributed by atoms with Crippen LogP contribution in [0.5, 0.6) is 5.75 Å². The summed E-state index contributed by atoms with van der Waals surface area (Å²) in [6.07, 6.45) is 0. The van der Waals surface area contributed by atoms with Crippen LogP contribution in [0.4, 0.5) is 0 Å². The second kappa shape index (κ2) is 10.9. The van der Waals surface area contributed by atoms with E-state index in [9.17, 15) is 0 Å². The van der Waals surface area contributed by atoms with Crippen molar-refractivity contribution in [3.8, 4) is 5.75 Å². The molecule has 0 bridgehead atoms. The lowest BCUT2D eigenvalue weighted by Gasteiger charge is -2.42. The molecule has 1 fully saturated rings. The molecule has 2 aromatic rings. The molecule has 1 aliphatic heterocycles. The van der Waals surface area contributed by atoms with E-state index in [1.165, 1.54) is 11.1 Å². The molecule has 0 aliphatic carbocycles. The van der Waals surface area contributed by atoms with Crippen LogP contribution in [-0.4, -0.2) is 31.1 Å². The first-order chi connectivity index (χ1) is 12.0. The molecule has 0 saturated carbocycles. The lowest BCUT2D eigenvalue weighted by Crippen LogP contribution is -2.48. The number of hydrogen-bond acceptors (Lipinski definition) is 3. The first-order valence-corrected chi connectivity index (χ1v) is 9.25. The van der Waals surface area contributed by atoms with Crippen LogP contribution in [0, 0.1) is 5.41 Å². The highest BCUT2D eigenvalue weighted by Crippen LogP contribution is 2.39. The summed E-state index contributed by atoms with van der Waals surface area (Å²) < 4.78 is 6.05. The Labute approximate surface area is 176 Å². The Balaban J connectivity index is 0.00000182. The highest BCUT2D eigenvalue weighted by atomic mass is 35.5. The minimum Gasteiger partial charge on any atom is -0.489 e. The molecule has 1 heterocycles. The second-order valence-electron chi connectivity index (χ2n) is 7.90. The van der Waals surface area contributed by atoms with Crippen LogP contribution in [-0.2, 0) is 6.61 Å². The monoisotopic (exact) mass is 410 g/mol. The molecule has 0 spiro atoms. The summed E-state index contributed by atoms with van der Waals surface area (Å²) in [5, 5.41) is 3.46. The van der Waals surface area contributed by atoms with Gasteiger partial charge < -0.3 is 10.1 Å². The minimum absolute atomic E-state index is 0. The Morgan fingerprint density at radius 1 is 0.963 bits per heavy atom. The Hall–Kier alpha value is -1.26. The molecular formula is C22H32Cl2N2O. The van der Waals surface area contributed by atoms with E-state index in [4.69, 9.17) is 4.74 Å². The van der Waals surface area contributed by atoms with Gasteiger partial charge in [-0.25, -0.2) is 0 Å². The molecule has 3 rings (SSSR count). The molecule has 5 heteroatoms. The van der Waals surface area contributed by atoms with Gasteiger partial charge in [-0.3, -0.25) is 4.90 Å². The predicted molar refractivity (Wildman–Crippen MR) is 118 cm³/mol. The number of benzene rings is 2. The molecule has 1 saturated heterocycles. The van der Waals surface area contributed by atoms with Crippen molar-refractivity contribution in [1.82, 2.24) is 10.2 Å². The maximum atomic E-state index is 6.05. The molecule has 1 atom stereocenters. The van der Waals surface area contributed by atoms with Gasteiger partial charge in [0.15, 0.2) is 0 Å². The molecule has 1 N–H and O–H groups in total. The van der Waals surface area contributed by atoms with Crippen LogP contribution in [0.15, 0.2) is 54.6 Å². The van der Waals surface area contributed by atoms with Crippen molar-refractivity contribution in [1.29, 1.82) is 0 Å². The van der Waals surface area contributed by atoms with E-state index >= 15 is 0 Å². The Morgan fingerprint density at radius 3 is 2.26 bits per heavy atom. The van der Waals surface area contributed by atoms with E-state index in [2.05, 4.69) is 79.5 Å². The normalized spacial score (nSPS) is 16.0. The third-order valence-electron chi connectivity index (χ3n) is 4.76. The zero-order valence-electron chi connectivity index (χ0n) is 16.5. The molecule has 3 nitrogen and oxygen atoms in total. The summed E-state index contributed by atoms with van der Waals surface area (Å²) >= 11 is 0. The van der Waals surface area contributed by atoms with Gasteiger partial charge in [0.25, 0.3) is 0 Å². The standard InChI is InChI=1S/C22H30N2O.2ClH/c1-22(2,3)21(24-14-12-23-13-15-24)19-10-7-11-20(16-19)25-17-18-8-5-4-6-9-18;;/h4-11,16,21,23H,12-15,17H2,1-3H3;2*1H/t21-;;/m0../s1. The van der Waals surface area contributed by atoms with Gasteiger partial charge in [0.2, 0.25) is 0 Å². The fraction of sp³-hybridized carbons (Fsp3) is 0.455. The first-order valence-electron chi connectivity index (χ1n) is 9.25. The van der Waals surface area contributed by atoms with Gasteiger partial charge in [0.05, 0.1) is 0 Å². The number of rotatable bonds is 5. The van der Waals surface area contributed by atoms with Crippen LogP contribution < -0.4 is 10.1 Å². The number of hydrogen-bond donors (Lipinski definition) is 1. The van der Waals surface area contributed by atoms with E-state index in [-0.39, 0.29) is 30.2 Å². The molecule has 0 unspecified atom stereocenters. The lowest BCUT2D eigenvalue weighted by atomic mass is 9.81. The second-order valence-corrected chi connectivity index (χ2v) is 7.90. The fourth-order valence-corrected chi connectivity index (χ4v) is 3.71. The number of piperazine rings is 1. The van der Waals surface area contributed by atoms with Gasteiger partial charge in [-0.15, -0.1) is 24.8 Å². The topological polar surface area (TPSA) is 24.5 Å². The Kier molecular flexibility index (Phi) is 9.61. The van der Waals surface area contributed by atoms with Crippen molar-refractivity contribution < 1.29 is 4.74 Å². The highest BCUT2D eigenvalue weighted by Gasteiger charge is 2.32. The zero-order chi connectivity index (χ0) is 17.7. The van der Waals surface area contributed by atoms with Gasteiger partial charge in [0.1, 0.15) is 12.4 Å². The number of ether oxygens (including phenoxy) is 1. The van der Waals surface area contributed by atoms with E-state index in [0.29, 0.717) is 12.6 Å². The summed E-state index contributed by atoms with van der Waals surface area (Å²) in [4.78, 5) is 2.60. The fourth-order valence-electron chi connectivity index (χ4n) is 3.71. The quantitative estimate of drug-likeness (QED) is 0.741. The number of halogens is 2. The van der Waals surface area contributed by atoms with E-state index in [1.54, 1.807) is 0 Å². The maximum Gasteiger partial charge on any atom is 0.120 e. The predicted octanol–water partition coefficient (Wildman–Crippen LogP) is 5.10. The average Bonchev–Trinajstić information content (AvgIpc) is 2.61. The number of nitrogens with one attached hydrogen (secondary N) is 1. The molecule has 0 amide bonds. The van der Waals surface area contributed by atoms with Gasteiger partial charge in [-0.2, -0.15) is 0 Å². The van der Waals surface area contributed by atoms with Crippen molar-refractivity contribution in [2.45, 2.75) is 33.4 Å². The number of nitrogens with zero attached hydrogens (tertiary/aromatic N) is 1. The van der Waals surface area contributed by atoms with Crippen LogP contribution in [0.1, 0.15) is 37.9 Å². The Morgan fingerprint density at radius 2 is 1.63 bits per heavy atom. The van der Waals surface area contributed by atoms with Crippen molar-refractivity contribution in [2.24, 2.45) is 5.41 Å². The van der Waals surface area contributed by atoms with Crippen molar-refractivity contribution in [3.05, 3.63) is 65.7 Å². The van der Waals surface area contributed by atoms with Gasteiger partial charge in [-0.1, -0.05) is 63.2 Å². The molecule has 1 aliphatic rings. The van der Waals surface area contributed by atoms with Crippen LogP contribution in [0.25, 0.3) is 0 Å². The van der Waals surface area contributed by atoms with Gasteiger partial charge in [0, 0.05) is 32.2 Å². The molecule has 0 aromatic heterocycles. The van der Waals surface area contributed by atoms with Crippen molar-refractivity contribution >= 4 is 24.8 Å². The summed E-state index contributed by atoms with van der Waals surface area (Å²) in [5.74, 6) is 0.950. The lowest BCUT2D eigenvalue weighted by molar-refractivity contribution is 0.0860. The summed E-state index contributed by atoms with van der Waals surface area (Å²) in [5.41, 5.74) is 2.72. The smallest absolute Gasteiger partial charge is 0.120 e. The van der Waals surface area contributed by atoms with Crippen LogP contribution in [0.2, 0.25) is 0 Å². The van der Waals surface area contributed by atoms with Gasteiger partial charge in [-0.05, 0) is 28.7 Å². The minimum atomic E-state index is 0. The SMILES string of the molecule is CC(C)(C)[C@H](c1cccc(OCc2ccccc2)c1)N1CCNCC1.Cl.Cl. The third-order valence-corrected chi connectivity index (χ3v) is 4.76. The third kappa shape index (κ3) is 6.69. The highest BCUT2D eigenvalue weighted by molar-refractivity contribution is 5.85. The molecule has 27 heavy (non-hydrogen) atoms. The van der Waals surface area contributed by atoms with Crippen LogP contribution in [0.3, 0.4) is 0 Å². The largest absolute Gasteiger partial charge is 0.489 e. The zero-order valence-corrected chi connectivity index (χ0v) is 18.1. The first kappa shape index (κ1) is 23.8. The molecule has 2 aromatic carbocycles. The molecular weight excluding hydrogens is 379 g/mol. The molecule has 150 valence electrons. The summed E-state index contributed by atoms with van der Waals surface area (Å²) in [6.45, 7) is 11.9. The van der Waals surface area contributed by atoms with E-state index in [0.717, 1.165) is 31.9 Å². The summed E-state index contributed by atoms with van der Waals surface area (Å²) in [6, 6.07) is 19.4. The molecule has 0 radical (unpaired) electrons. The van der Waals surface area contributed by atoms with E-state index in [1.807, 2.05) is 6.07 Å². The van der Waals surface area contributed by atoms with Gasteiger partial charge >= 0.3 is 0 Å². The van der Waals surface area contributed by atoms with Crippen LogP contribution >= 0.6 is 24.8 Å².